The summed E-state index contributed by atoms with van der Waals surface area (Å²) in [6.07, 6.45) is 0. The van der Waals surface area contributed by atoms with Gasteiger partial charge in [0, 0.05) is 18.7 Å². The highest BCUT2D eigenvalue weighted by Gasteiger charge is 2.16. The first kappa shape index (κ1) is 11.6. The highest BCUT2D eigenvalue weighted by molar-refractivity contribution is 6.32. The molecule has 2 rings (SSSR count). The van der Waals surface area contributed by atoms with E-state index in [9.17, 15) is 5.11 Å². The molecule has 1 heterocycles. The summed E-state index contributed by atoms with van der Waals surface area (Å²) >= 11 is 5.81. The van der Waals surface area contributed by atoms with Gasteiger partial charge in [-0.2, -0.15) is 5.10 Å². The molecule has 5 nitrogen and oxygen atoms in total. The minimum absolute atomic E-state index is 0.101. The average Bonchev–Trinajstić information content (AvgIpc) is 2.62. The topological polar surface area (TPSA) is 73.3 Å². The Kier molecular flexibility index (Phi) is 2.85. The van der Waals surface area contributed by atoms with Crippen LogP contribution in [0.2, 0.25) is 5.02 Å². The van der Waals surface area contributed by atoms with Crippen molar-refractivity contribution in [3.8, 4) is 22.8 Å². The molecule has 0 aliphatic carbocycles. The first-order chi connectivity index (χ1) is 8.04. The number of aromatic nitrogens is 2. The van der Waals surface area contributed by atoms with Crippen LogP contribution in [0.25, 0.3) is 11.3 Å². The number of benzene rings is 1. The normalized spacial score (nSPS) is 10.5. The standard InChI is InChI=1S/C11H12ClN3O2/c1-15-9(13)5-8(14-15)6-3-4-7(12)10(16)11(6)17-2/h3-5,16H,13H2,1-2H3. The van der Waals surface area contributed by atoms with Crippen molar-refractivity contribution in [3.63, 3.8) is 0 Å². The molecule has 3 N–H and O–H groups in total. The van der Waals surface area contributed by atoms with Gasteiger partial charge < -0.3 is 15.6 Å². The monoisotopic (exact) mass is 253 g/mol. The molecule has 0 atom stereocenters. The summed E-state index contributed by atoms with van der Waals surface area (Å²) in [7, 11) is 3.20. The zero-order valence-electron chi connectivity index (χ0n) is 9.44. The third-order valence-electron chi connectivity index (χ3n) is 2.48. The van der Waals surface area contributed by atoms with Gasteiger partial charge in [-0.1, -0.05) is 11.6 Å². The van der Waals surface area contributed by atoms with E-state index in [1.807, 2.05) is 0 Å². The third kappa shape index (κ3) is 1.89. The van der Waals surface area contributed by atoms with E-state index in [4.69, 9.17) is 22.1 Å². The first-order valence-electron chi connectivity index (χ1n) is 4.90. The fraction of sp³-hybridized carbons (Fsp3) is 0.182. The summed E-state index contributed by atoms with van der Waals surface area (Å²) in [5.74, 6) is 0.711. The lowest BCUT2D eigenvalue weighted by Gasteiger charge is -2.09. The van der Waals surface area contributed by atoms with Gasteiger partial charge in [0.15, 0.2) is 11.5 Å². The van der Waals surface area contributed by atoms with Gasteiger partial charge in [0.2, 0.25) is 0 Å². The molecule has 0 unspecified atom stereocenters. The van der Waals surface area contributed by atoms with Gasteiger partial charge in [0.1, 0.15) is 5.82 Å². The molecule has 1 aromatic carbocycles. The molecule has 0 fully saturated rings. The molecule has 0 radical (unpaired) electrons. The number of phenolic OH excluding ortho intramolecular Hbond substituents is 1. The number of aromatic hydroxyl groups is 1. The number of halogens is 1. The Morgan fingerprint density at radius 1 is 1.47 bits per heavy atom. The third-order valence-corrected chi connectivity index (χ3v) is 2.78. The summed E-state index contributed by atoms with van der Waals surface area (Å²) in [4.78, 5) is 0. The van der Waals surface area contributed by atoms with Crippen molar-refractivity contribution in [2.24, 2.45) is 7.05 Å². The minimum atomic E-state index is -0.101. The number of anilines is 1. The van der Waals surface area contributed by atoms with E-state index in [0.29, 0.717) is 17.1 Å². The highest BCUT2D eigenvalue weighted by Crippen LogP contribution is 2.41. The second kappa shape index (κ2) is 4.18. The van der Waals surface area contributed by atoms with Crippen LogP contribution in [0.4, 0.5) is 5.82 Å². The van der Waals surface area contributed by atoms with Crippen LogP contribution in [0.1, 0.15) is 0 Å². The summed E-state index contributed by atoms with van der Waals surface area (Å²) in [6, 6.07) is 5.01. The van der Waals surface area contributed by atoms with Gasteiger partial charge in [-0.15, -0.1) is 0 Å². The molecule has 0 bridgehead atoms. The number of hydrogen-bond donors (Lipinski definition) is 2. The van der Waals surface area contributed by atoms with Crippen LogP contribution < -0.4 is 10.5 Å². The molecule has 90 valence electrons. The number of nitrogens with zero attached hydrogens (tertiary/aromatic N) is 2. The lowest BCUT2D eigenvalue weighted by Crippen LogP contribution is -1.96. The fourth-order valence-electron chi connectivity index (χ4n) is 1.57. The summed E-state index contributed by atoms with van der Waals surface area (Å²) in [5, 5.41) is 14.2. The number of phenols is 1. The van der Waals surface area contributed by atoms with E-state index in [2.05, 4.69) is 5.10 Å². The Morgan fingerprint density at radius 3 is 2.71 bits per heavy atom. The maximum atomic E-state index is 9.79. The summed E-state index contributed by atoms with van der Waals surface area (Å²) in [5.41, 5.74) is 6.97. The molecular weight excluding hydrogens is 242 g/mol. The van der Waals surface area contributed by atoms with E-state index >= 15 is 0 Å². The number of rotatable bonds is 2. The average molecular weight is 254 g/mol. The van der Waals surface area contributed by atoms with Crippen molar-refractivity contribution < 1.29 is 9.84 Å². The molecule has 2 aromatic rings. The molecule has 6 heteroatoms. The van der Waals surface area contributed by atoms with Crippen molar-refractivity contribution >= 4 is 17.4 Å². The molecule has 0 aliphatic heterocycles. The van der Waals surface area contributed by atoms with Gasteiger partial charge in [-0.25, -0.2) is 0 Å². The van der Waals surface area contributed by atoms with E-state index in [0.717, 1.165) is 0 Å². The van der Waals surface area contributed by atoms with Crippen LogP contribution >= 0.6 is 11.6 Å². The summed E-state index contributed by atoms with van der Waals surface area (Å²) < 4.78 is 6.68. The van der Waals surface area contributed by atoms with Crippen LogP contribution in [0.15, 0.2) is 18.2 Å². The smallest absolute Gasteiger partial charge is 0.177 e. The van der Waals surface area contributed by atoms with Crippen molar-refractivity contribution in [1.82, 2.24) is 9.78 Å². The van der Waals surface area contributed by atoms with Crippen molar-refractivity contribution in [3.05, 3.63) is 23.2 Å². The van der Waals surface area contributed by atoms with Crippen LogP contribution in [0.5, 0.6) is 11.5 Å². The van der Waals surface area contributed by atoms with Crippen molar-refractivity contribution in [2.45, 2.75) is 0 Å². The maximum absolute atomic E-state index is 9.79. The number of aryl methyl sites for hydroxylation is 1. The number of nitrogen functional groups attached to an aromatic ring is 1. The Bertz CT molecular complexity index is 547. The maximum Gasteiger partial charge on any atom is 0.177 e. The molecule has 17 heavy (non-hydrogen) atoms. The van der Waals surface area contributed by atoms with Crippen LogP contribution in [-0.2, 0) is 7.05 Å². The summed E-state index contributed by atoms with van der Waals surface area (Å²) in [6.45, 7) is 0. The number of nitrogens with two attached hydrogens (primary N) is 1. The molecule has 0 saturated heterocycles. The number of hydrogen-bond acceptors (Lipinski definition) is 4. The highest BCUT2D eigenvalue weighted by atomic mass is 35.5. The van der Waals surface area contributed by atoms with Crippen LogP contribution in [0.3, 0.4) is 0 Å². The van der Waals surface area contributed by atoms with Crippen molar-refractivity contribution in [2.75, 3.05) is 12.8 Å². The molecule has 0 amide bonds. The van der Waals surface area contributed by atoms with Gasteiger partial charge >= 0.3 is 0 Å². The predicted molar refractivity (Wildman–Crippen MR) is 66.3 cm³/mol. The molecule has 0 saturated carbocycles. The van der Waals surface area contributed by atoms with E-state index in [1.165, 1.54) is 7.11 Å². The van der Waals surface area contributed by atoms with Crippen molar-refractivity contribution in [1.29, 1.82) is 0 Å². The number of methoxy groups -OCH3 is 1. The second-order valence-corrected chi connectivity index (χ2v) is 3.96. The lowest BCUT2D eigenvalue weighted by atomic mass is 10.1. The Labute approximate surface area is 103 Å². The quantitative estimate of drug-likeness (QED) is 0.859. The van der Waals surface area contributed by atoms with E-state index in [-0.39, 0.29) is 16.5 Å². The zero-order chi connectivity index (χ0) is 12.6. The van der Waals surface area contributed by atoms with E-state index < -0.39 is 0 Å². The van der Waals surface area contributed by atoms with Gasteiger partial charge in [0.25, 0.3) is 0 Å². The fourth-order valence-corrected chi connectivity index (χ4v) is 1.72. The molecular formula is C11H12ClN3O2. The van der Waals surface area contributed by atoms with Crippen LogP contribution in [-0.4, -0.2) is 22.0 Å². The molecule has 0 spiro atoms. The number of ether oxygens (including phenoxy) is 1. The Hall–Kier alpha value is -1.88. The molecule has 1 aromatic heterocycles. The zero-order valence-corrected chi connectivity index (χ0v) is 10.2. The minimum Gasteiger partial charge on any atom is -0.503 e. The van der Waals surface area contributed by atoms with Gasteiger partial charge in [0.05, 0.1) is 17.8 Å². The largest absolute Gasteiger partial charge is 0.503 e. The lowest BCUT2D eigenvalue weighted by molar-refractivity contribution is 0.375. The van der Waals surface area contributed by atoms with Gasteiger partial charge in [-0.05, 0) is 12.1 Å². The van der Waals surface area contributed by atoms with Gasteiger partial charge in [-0.3, -0.25) is 4.68 Å². The SMILES string of the molecule is COc1c(-c2cc(N)n(C)n2)ccc(Cl)c1O. The molecule has 0 aliphatic rings. The Balaban J connectivity index is 2.63. The second-order valence-electron chi connectivity index (χ2n) is 3.55. The first-order valence-corrected chi connectivity index (χ1v) is 5.27. The van der Waals surface area contributed by atoms with E-state index in [1.54, 1.807) is 29.9 Å². The Morgan fingerprint density at radius 2 is 2.18 bits per heavy atom. The van der Waals surface area contributed by atoms with Crippen LogP contribution in [0, 0.1) is 0 Å². The predicted octanol–water partition coefficient (Wildman–Crippen LogP) is 2.04.